The minimum atomic E-state index is 1.16. The number of aromatic nitrogens is 1. The van der Waals surface area contributed by atoms with Gasteiger partial charge in [0.15, 0.2) is 0 Å². The monoisotopic (exact) mass is 293 g/mol. The van der Waals surface area contributed by atoms with Crippen molar-refractivity contribution in [1.29, 1.82) is 0 Å². The van der Waals surface area contributed by atoms with Gasteiger partial charge in [0.05, 0.1) is 0 Å². The summed E-state index contributed by atoms with van der Waals surface area (Å²) in [6.45, 7) is 2.26. The Morgan fingerprint density at radius 3 is 2.76 bits per heavy atom. The first-order valence-electron chi connectivity index (χ1n) is 6.57. The zero-order valence-corrected chi connectivity index (χ0v) is 12.0. The number of aryl methyl sites for hydroxylation is 1. The fourth-order valence-corrected chi connectivity index (χ4v) is 2.64. The van der Waals surface area contributed by atoms with Crippen LogP contribution >= 0.6 is 15.9 Å². The Bertz CT molecular complexity index is 473. The predicted octanol–water partition coefficient (Wildman–Crippen LogP) is 5.44. The highest BCUT2D eigenvalue weighted by Crippen LogP contribution is 2.24. The summed E-state index contributed by atoms with van der Waals surface area (Å²) in [6, 6.07) is 6.44. The van der Waals surface area contributed by atoms with E-state index in [1.165, 1.54) is 55.0 Å². The maximum atomic E-state index is 3.54. The van der Waals surface area contributed by atoms with E-state index >= 15 is 0 Å². The van der Waals surface area contributed by atoms with Crippen molar-refractivity contribution in [3.05, 3.63) is 34.4 Å². The maximum absolute atomic E-state index is 3.54. The summed E-state index contributed by atoms with van der Waals surface area (Å²) in [5.74, 6) is 0. The van der Waals surface area contributed by atoms with Crippen LogP contribution in [0, 0.1) is 0 Å². The van der Waals surface area contributed by atoms with Crippen molar-refractivity contribution in [2.75, 3.05) is 0 Å². The number of hydrogen-bond donors (Lipinski definition) is 1. The highest BCUT2D eigenvalue weighted by molar-refractivity contribution is 9.10. The number of aromatic amines is 1. The van der Waals surface area contributed by atoms with E-state index in [0.29, 0.717) is 0 Å². The number of H-pyrrole nitrogens is 1. The summed E-state index contributed by atoms with van der Waals surface area (Å²) in [4.78, 5) is 3.35. The van der Waals surface area contributed by atoms with E-state index in [4.69, 9.17) is 0 Å². The Balaban J connectivity index is 1.96. The molecule has 92 valence electrons. The second-order valence-electron chi connectivity index (χ2n) is 4.67. The largest absolute Gasteiger partial charge is 0.361 e. The third-order valence-corrected chi connectivity index (χ3v) is 3.77. The summed E-state index contributed by atoms with van der Waals surface area (Å²) in [7, 11) is 0. The molecule has 1 nitrogen and oxygen atoms in total. The van der Waals surface area contributed by atoms with E-state index in [2.05, 4.69) is 52.2 Å². The first-order valence-corrected chi connectivity index (χ1v) is 7.36. The fraction of sp³-hybridized carbons (Fsp3) is 0.467. The molecule has 1 aromatic carbocycles. The molecule has 17 heavy (non-hydrogen) atoms. The Morgan fingerprint density at radius 2 is 1.94 bits per heavy atom. The van der Waals surface area contributed by atoms with E-state index in [1.54, 1.807) is 0 Å². The van der Waals surface area contributed by atoms with Crippen LogP contribution in [0.25, 0.3) is 10.9 Å². The summed E-state index contributed by atoms with van der Waals surface area (Å²) < 4.78 is 1.16. The summed E-state index contributed by atoms with van der Waals surface area (Å²) in [5, 5.41) is 1.37. The minimum Gasteiger partial charge on any atom is -0.361 e. The van der Waals surface area contributed by atoms with E-state index in [9.17, 15) is 0 Å². The molecule has 0 spiro atoms. The van der Waals surface area contributed by atoms with Crippen LogP contribution in [0.4, 0.5) is 0 Å². The number of hydrogen-bond acceptors (Lipinski definition) is 0. The van der Waals surface area contributed by atoms with Gasteiger partial charge in [-0.05, 0) is 36.6 Å². The van der Waals surface area contributed by atoms with Gasteiger partial charge in [0, 0.05) is 21.6 Å². The van der Waals surface area contributed by atoms with Crippen LogP contribution < -0.4 is 0 Å². The van der Waals surface area contributed by atoms with Gasteiger partial charge < -0.3 is 4.98 Å². The number of nitrogens with one attached hydrogen (secondary N) is 1. The van der Waals surface area contributed by atoms with E-state index in [0.717, 1.165) is 4.47 Å². The fourth-order valence-electron chi connectivity index (χ4n) is 2.28. The molecule has 0 aliphatic heterocycles. The Morgan fingerprint density at radius 1 is 1.12 bits per heavy atom. The third-order valence-electron chi connectivity index (χ3n) is 3.28. The van der Waals surface area contributed by atoms with Gasteiger partial charge in [-0.3, -0.25) is 0 Å². The van der Waals surface area contributed by atoms with Crippen molar-refractivity contribution in [2.45, 2.75) is 45.4 Å². The maximum Gasteiger partial charge on any atom is 0.0457 e. The molecule has 0 unspecified atom stereocenters. The SMILES string of the molecule is CCCCCCCc1c[nH]c2ccc(Br)cc12. The lowest BCUT2D eigenvalue weighted by molar-refractivity contribution is 0.633. The molecule has 0 radical (unpaired) electrons. The average Bonchev–Trinajstić information content (AvgIpc) is 2.72. The van der Waals surface area contributed by atoms with Crippen molar-refractivity contribution in [3.8, 4) is 0 Å². The van der Waals surface area contributed by atoms with Gasteiger partial charge in [0.2, 0.25) is 0 Å². The number of halogens is 1. The van der Waals surface area contributed by atoms with Gasteiger partial charge in [0.1, 0.15) is 0 Å². The molecule has 1 heterocycles. The van der Waals surface area contributed by atoms with Crippen LogP contribution in [0.2, 0.25) is 0 Å². The molecular formula is C15H20BrN. The zero-order valence-electron chi connectivity index (χ0n) is 10.4. The molecule has 0 saturated heterocycles. The summed E-state index contributed by atoms with van der Waals surface area (Å²) in [6.07, 6.45) is 10.1. The molecule has 0 fully saturated rings. The first-order chi connectivity index (χ1) is 8.31. The van der Waals surface area contributed by atoms with Crippen LogP contribution in [-0.2, 0) is 6.42 Å². The van der Waals surface area contributed by atoms with Gasteiger partial charge >= 0.3 is 0 Å². The molecular weight excluding hydrogens is 274 g/mol. The van der Waals surface area contributed by atoms with Crippen molar-refractivity contribution in [2.24, 2.45) is 0 Å². The lowest BCUT2D eigenvalue weighted by Crippen LogP contribution is -1.84. The van der Waals surface area contributed by atoms with E-state index in [-0.39, 0.29) is 0 Å². The van der Waals surface area contributed by atoms with Crippen molar-refractivity contribution >= 4 is 26.8 Å². The molecule has 0 atom stereocenters. The van der Waals surface area contributed by atoms with Crippen molar-refractivity contribution in [1.82, 2.24) is 4.98 Å². The summed E-state index contributed by atoms with van der Waals surface area (Å²) in [5.41, 5.74) is 2.70. The van der Waals surface area contributed by atoms with Gasteiger partial charge in [-0.1, -0.05) is 48.5 Å². The topological polar surface area (TPSA) is 15.8 Å². The molecule has 0 saturated carbocycles. The molecule has 0 aliphatic carbocycles. The van der Waals surface area contributed by atoms with Crippen LogP contribution in [0.5, 0.6) is 0 Å². The van der Waals surface area contributed by atoms with E-state index < -0.39 is 0 Å². The second kappa shape index (κ2) is 6.25. The predicted molar refractivity (Wildman–Crippen MR) is 78.5 cm³/mol. The summed E-state index contributed by atoms with van der Waals surface area (Å²) >= 11 is 3.54. The average molecular weight is 294 g/mol. The second-order valence-corrected chi connectivity index (χ2v) is 5.58. The Hall–Kier alpha value is -0.760. The zero-order chi connectivity index (χ0) is 12.1. The third kappa shape index (κ3) is 3.35. The molecule has 2 rings (SSSR count). The highest BCUT2D eigenvalue weighted by Gasteiger charge is 2.03. The number of benzene rings is 1. The standard InChI is InChI=1S/C15H20BrN/c1-2-3-4-5-6-7-12-11-17-15-9-8-13(16)10-14(12)15/h8-11,17H,2-7H2,1H3. The first kappa shape index (κ1) is 12.7. The molecule has 1 aromatic heterocycles. The lowest BCUT2D eigenvalue weighted by atomic mass is 10.0. The van der Waals surface area contributed by atoms with Crippen LogP contribution in [0.15, 0.2) is 28.9 Å². The van der Waals surface area contributed by atoms with Crippen molar-refractivity contribution < 1.29 is 0 Å². The number of unbranched alkanes of at least 4 members (excludes halogenated alkanes) is 4. The van der Waals surface area contributed by atoms with Gasteiger partial charge in [0.25, 0.3) is 0 Å². The molecule has 1 N–H and O–H groups in total. The minimum absolute atomic E-state index is 1.16. The lowest BCUT2D eigenvalue weighted by Gasteiger charge is -2.00. The smallest absolute Gasteiger partial charge is 0.0457 e. The number of rotatable bonds is 6. The van der Waals surface area contributed by atoms with Crippen molar-refractivity contribution in [3.63, 3.8) is 0 Å². The molecule has 2 heteroatoms. The molecule has 0 aliphatic rings. The molecule has 2 aromatic rings. The Labute approximate surface area is 112 Å². The van der Waals surface area contributed by atoms with Gasteiger partial charge in [-0.25, -0.2) is 0 Å². The normalized spacial score (nSPS) is 11.2. The quantitative estimate of drug-likeness (QED) is 0.682. The molecule has 0 amide bonds. The van der Waals surface area contributed by atoms with Crippen LogP contribution in [-0.4, -0.2) is 4.98 Å². The van der Waals surface area contributed by atoms with Gasteiger partial charge in [-0.2, -0.15) is 0 Å². The van der Waals surface area contributed by atoms with Crippen LogP contribution in [0.3, 0.4) is 0 Å². The Kier molecular flexibility index (Phi) is 4.66. The van der Waals surface area contributed by atoms with Crippen LogP contribution in [0.1, 0.15) is 44.6 Å². The van der Waals surface area contributed by atoms with E-state index in [1.807, 2.05) is 0 Å². The molecule has 0 bridgehead atoms. The van der Waals surface area contributed by atoms with Gasteiger partial charge in [-0.15, -0.1) is 0 Å². The highest BCUT2D eigenvalue weighted by atomic mass is 79.9. The number of fused-ring (bicyclic) bond motifs is 1.